The Hall–Kier alpha value is -0.430. The molecule has 0 saturated heterocycles. The van der Waals surface area contributed by atoms with E-state index in [9.17, 15) is 4.79 Å². The van der Waals surface area contributed by atoms with Gasteiger partial charge in [0.25, 0.3) is 0 Å². The van der Waals surface area contributed by atoms with Crippen LogP contribution < -0.4 is 5.48 Å². The van der Waals surface area contributed by atoms with Crippen molar-refractivity contribution in [3.05, 3.63) is 12.2 Å². The van der Waals surface area contributed by atoms with Crippen molar-refractivity contribution in [2.24, 2.45) is 0 Å². The zero-order chi connectivity index (χ0) is 10.1. The van der Waals surface area contributed by atoms with E-state index < -0.39 is 6.09 Å². The van der Waals surface area contributed by atoms with Crippen molar-refractivity contribution in [2.45, 2.75) is 0 Å². The van der Waals surface area contributed by atoms with E-state index in [4.69, 9.17) is 11.6 Å². The smallest absolute Gasteiger partial charge is 0.434 e. The molecule has 0 fully saturated rings. The van der Waals surface area contributed by atoms with Crippen LogP contribution in [0.2, 0.25) is 0 Å². The fourth-order valence-corrected chi connectivity index (χ4v) is 0.500. The molecule has 0 rings (SSSR count). The maximum Gasteiger partial charge on any atom is 0.434 e. The van der Waals surface area contributed by atoms with Crippen LogP contribution in [0, 0.1) is 0 Å². The number of hydroxylamine groups is 1. The Bertz CT molecular complexity index is 178. The highest BCUT2D eigenvalue weighted by Gasteiger charge is 2.02. The van der Waals surface area contributed by atoms with Crippen LogP contribution in [0.3, 0.4) is 0 Å². The molecule has 0 aromatic rings. The number of hydrogen-bond donors (Lipinski definition) is 1. The number of ether oxygens (including phenoxy) is 1. The zero-order valence-corrected chi connectivity index (χ0v) is 8.61. The molecule has 0 unspecified atom stereocenters. The van der Waals surface area contributed by atoms with Gasteiger partial charge in [-0.1, -0.05) is 11.6 Å². The molecule has 0 aromatic heterocycles. The third-order valence-electron chi connectivity index (χ3n) is 0.823. The summed E-state index contributed by atoms with van der Waals surface area (Å²) >= 11 is 6.33. The molecule has 1 amide bonds. The summed E-state index contributed by atoms with van der Waals surface area (Å²) in [5, 5.41) is 0. The largest absolute Gasteiger partial charge is 0.443 e. The highest BCUT2D eigenvalue weighted by molar-refractivity contribution is 7.93. The molecule has 7 heteroatoms. The molecule has 13 heavy (non-hydrogen) atoms. The van der Waals surface area contributed by atoms with Crippen molar-refractivity contribution in [1.82, 2.24) is 5.48 Å². The minimum absolute atomic E-state index is 0.0535. The monoisotopic (exact) mass is 227 g/mol. The van der Waals surface area contributed by atoms with E-state index in [1.54, 1.807) is 6.26 Å². The zero-order valence-electron chi connectivity index (χ0n) is 7.04. The van der Waals surface area contributed by atoms with E-state index in [-0.39, 0.29) is 12.5 Å². The van der Waals surface area contributed by atoms with Crippen molar-refractivity contribution in [2.75, 3.05) is 18.7 Å². The second-order valence-electron chi connectivity index (χ2n) is 1.88. The van der Waals surface area contributed by atoms with E-state index in [0.29, 0.717) is 5.57 Å². The number of hydrogen-bond acceptors (Lipinski definition) is 5. The number of alkyl halides is 1. The normalized spacial score (nSPS) is 9.38. The number of carbonyl (C=O) groups excluding carboxylic acids is 1. The summed E-state index contributed by atoms with van der Waals surface area (Å²) < 4.78 is 8.89. The van der Waals surface area contributed by atoms with Crippen LogP contribution in [0.5, 0.6) is 0 Å². The molecule has 0 saturated carbocycles. The third kappa shape index (κ3) is 7.92. The van der Waals surface area contributed by atoms with Crippen LogP contribution >= 0.6 is 23.6 Å². The Balaban J connectivity index is 3.35. The molecule has 0 radical (unpaired) electrons. The Morgan fingerprint density at radius 2 is 2.38 bits per heavy atom. The average molecular weight is 228 g/mol. The minimum atomic E-state index is -0.764. The summed E-state index contributed by atoms with van der Waals surface area (Å²) in [5.41, 5.74) is 2.47. The number of halogens is 1. The lowest BCUT2D eigenvalue weighted by Crippen LogP contribution is -2.24. The molecular formula is C6H10ClNO4S. The Kier molecular flexibility index (Phi) is 7.91. The quantitative estimate of drug-likeness (QED) is 0.187. The highest BCUT2D eigenvalue weighted by Crippen LogP contribution is 1.96. The van der Waals surface area contributed by atoms with Crippen molar-refractivity contribution >= 4 is 29.7 Å². The number of nitrogens with one attached hydrogen (secondary N) is 1. The third-order valence-corrected chi connectivity index (χ3v) is 1.41. The molecule has 0 aromatic carbocycles. The van der Waals surface area contributed by atoms with Gasteiger partial charge in [-0.15, -0.1) is 15.9 Å². The van der Waals surface area contributed by atoms with Crippen LogP contribution in [0.4, 0.5) is 4.79 Å². The van der Waals surface area contributed by atoms with E-state index >= 15 is 0 Å². The summed E-state index contributed by atoms with van der Waals surface area (Å²) in [5.74, 6) is 0.245. The van der Waals surface area contributed by atoms with Gasteiger partial charge in [-0.05, 0) is 5.57 Å². The minimum Gasteiger partial charge on any atom is -0.443 e. The first-order valence-corrected chi connectivity index (χ1v) is 4.90. The molecule has 0 spiro atoms. The summed E-state index contributed by atoms with van der Waals surface area (Å²) in [4.78, 5) is 14.9. The second-order valence-corrected chi connectivity index (χ2v) is 2.62. The van der Waals surface area contributed by atoms with Crippen LogP contribution in [0.15, 0.2) is 12.2 Å². The summed E-state index contributed by atoms with van der Waals surface area (Å²) in [7, 11) is 0. The Labute approximate surface area is 85.4 Å². The maximum absolute atomic E-state index is 10.7. The van der Waals surface area contributed by atoms with Gasteiger partial charge in [0.05, 0.1) is 0 Å². The maximum atomic E-state index is 10.7. The van der Waals surface area contributed by atoms with Gasteiger partial charge < -0.3 is 4.74 Å². The van der Waals surface area contributed by atoms with E-state index in [2.05, 4.69) is 20.6 Å². The number of rotatable bonds is 6. The molecule has 0 aliphatic carbocycles. The summed E-state index contributed by atoms with van der Waals surface area (Å²) in [6.07, 6.45) is 0.864. The van der Waals surface area contributed by atoms with Gasteiger partial charge in [-0.25, -0.2) is 4.79 Å². The first-order valence-electron chi connectivity index (χ1n) is 3.22. The van der Waals surface area contributed by atoms with Crippen LogP contribution in [-0.2, 0) is 14.1 Å². The number of amides is 1. The van der Waals surface area contributed by atoms with Gasteiger partial charge in [0.2, 0.25) is 0 Å². The lowest BCUT2D eigenvalue weighted by molar-refractivity contribution is -0.233. The van der Waals surface area contributed by atoms with Gasteiger partial charge in [-0.2, -0.15) is 5.48 Å². The molecule has 76 valence electrons. The van der Waals surface area contributed by atoms with E-state index in [1.165, 1.54) is 0 Å². The van der Waals surface area contributed by atoms with Gasteiger partial charge >= 0.3 is 6.09 Å². The first kappa shape index (κ1) is 12.6. The fourth-order valence-electron chi connectivity index (χ4n) is 0.321. The molecule has 0 heterocycles. The van der Waals surface area contributed by atoms with Gasteiger partial charge in [0.15, 0.2) is 0 Å². The summed E-state index contributed by atoms with van der Waals surface area (Å²) in [6.45, 7) is 3.58. The Morgan fingerprint density at radius 1 is 1.69 bits per heavy atom. The molecule has 0 aliphatic heterocycles. The predicted octanol–water partition coefficient (Wildman–Crippen LogP) is 1.65. The first-order chi connectivity index (χ1) is 6.20. The van der Waals surface area contributed by atoms with Crippen LogP contribution in [0.25, 0.3) is 0 Å². The molecular weight excluding hydrogens is 218 g/mol. The number of carbonyl (C=O) groups is 1. The van der Waals surface area contributed by atoms with Crippen molar-refractivity contribution in [3.63, 3.8) is 0 Å². The fraction of sp³-hybridized carbons (Fsp3) is 0.500. The average Bonchev–Trinajstić information content (AvgIpc) is 2.14. The molecule has 0 bridgehead atoms. The lowest BCUT2D eigenvalue weighted by Gasteiger charge is -2.04. The van der Waals surface area contributed by atoms with E-state index in [1.807, 2.05) is 5.48 Å². The Morgan fingerprint density at radius 3 is 2.92 bits per heavy atom. The molecule has 0 aliphatic rings. The van der Waals surface area contributed by atoms with E-state index in [0.717, 1.165) is 12.0 Å². The van der Waals surface area contributed by atoms with Crippen molar-refractivity contribution < 1.29 is 18.9 Å². The van der Waals surface area contributed by atoms with Crippen molar-refractivity contribution in [3.8, 4) is 0 Å². The molecule has 5 nitrogen and oxygen atoms in total. The topological polar surface area (TPSA) is 56.8 Å². The second kappa shape index (κ2) is 8.18. The van der Waals surface area contributed by atoms with Crippen molar-refractivity contribution in [1.29, 1.82) is 0 Å². The SMILES string of the molecule is C=C(CCl)COC(=O)NOOSC. The highest BCUT2D eigenvalue weighted by atomic mass is 35.5. The van der Waals surface area contributed by atoms with Gasteiger partial charge in [0.1, 0.15) is 6.61 Å². The lowest BCUT2D eigenvalue weighted by atomic mass is 10.4. The summed E-state index contributed by atoms with van der Waals surface area (Å²) in [6, 6.07) is 0. The van der Waals surface area contributed by atoms with Gasteiger partial charge in [-0.3, -0.25) is 0 Å². The van der Waals surface area contributed by atoms with Gasteiger partial charge in [0, 0.05) is 24.2 Å². The molecule has 0 atom stereocenters. The predicted molar refractivity (Wildman–Crippen MR) is 50.0 cm³/mol. The molecule has 1 N–H and O–H groups in total. The van der Waals surface area contributed by atoms with Crippen LogP contribution in [0.1, 0.15) is 0 Å². The van der Waals surface area contributed by atoms with Crippen LogP contribution in [-0.4, -0.2) is 24.8 Å². The standard InChI is InChI=1S/C6H10ClNO4S/c1-5(3-7)4-10-6(9)8-11-12-13-2/h1,3-4H2,2H3,(H,8,9).